The Bertz CT molecular complexity index is 1350. The quantitative estimate of drug-likeness (QED) is 0.402. The largest absolute Gasteiger partial charge is 0.496 e. The van der Waals surface area contributed by atoms with Crippen molar-refractivity contribution >= 4 is 29.5 Å². The SMILES string of the molecule is COc1ccc(-c2nc(NCC3CCN(C(=O)OC(C)(C)C)CC3)nc3c2ncn3C2CCCCO2)cc1C=O. The van der Waals surface area contributed by atoms with Crippen molar-refractivity contribution in [1.82, 2.24) is 24.4 Å². The Morgan fingerprint density at radius 2 is 1.98 bits per heavy atom. The molecule has 3 aromatic rings. The number of benzene rings is 1. The highest BCUT2D eigenvalue weighted by Crippen LogP contribution is 2.33. The summed E-state index contributed by atoms with van der Waals surface area (Å²) in [6.45, 7) is 8.32. The zero-order valence-electron chi connectivity index (χ0n) is 23.7. The predicted molar refractivity (Wildman–Crippen MR) is 151 cm³/mol. The van der Waals surface area contributed by atoms with E-state index in [1.807, 2.05) is 31.4 Å². The lowest BCUT2D eigenvalue weighted by atomic mass is 9.97. The summed E-state index contributed by atoms with van der Waals surface area (Å²) in [5, 5.41) is 3.44. The molecule has 0 bridgehead atoms. The summed E-state index contributed by atoms with van der Waals surface area (Å²) in [5.74, 6) is 1.34. The minimum Gasteiger partial charge on any atom is -0.496 e. The number of methoxy groups -OCH3 is 1. The van der Waals surface area contributed by atoms with E-state index in [0.717, 1.165) is 44.0 Å². The number of nitrogens with zero attached hydrogens (tertiary/aromatic N) is 5. The monoisotopic (exact) mass is 550 g/mol. The highest BCUT2D eigenvalue weighted by molar-refractivity contribution is 5.91. The van der Waals surface area contributed by atoms with E-state index in [9.17, 15) is 9.59 Å². The molecule has 1 atom stereocenters. The number of amides is 1. The molecule has 2 fully saturated rings. The fraction of sp³-hybridized carbons (Fsp3) is 0.552. The maximum absolute atomic E-state index is 12.4. The van der Waals surface area contributed by atoms with E-state index in [-0.39, 0.29) is 12.3 Å². The molecule has 214 valence electrons. The first-order chi connectivity index (χ1) is 19.3. The summed E-state index contributed by atoms with van der Waals surface area (Å²) in [6.07, 6.45) is 6.88. The van der Waals surface area contributed by atoms with Crippen molar-refractivity contribution in [2.24, 2.45) is 5.92 Å². The Morgan fingerprint density at radius 3 is 2.65 bits per heavy atom. The third kappa shape index (κ3) is 6.19. The number of aromatic nitrogens is 4. The van der Waals surface area contributed by atoms with Crippen LogP contribution in [0.4, 0.5) is 10.7 Å². The maximum atomic E-state index is 12.4. The Hall–Kier alpha value is -3.73. The molecule has 1 amide bonds. The van der Waals surface area contributed by atoms with Crippen LogP contribution in [0.25, 0.3) is 22.4 Å². The fourth-order valence-electron chi connectivity index (χ4n) is 5.21. The number of imidazole rings is 1. The van der Waals surface area contributed by atoms with E-state index in [2.05, 4.69) is 10.3 Å². The van der Waals surface area contributed by atoms with Gasteiger partial charge in [0.05, 0.1) is 19.0 Å². The second kappa shape index (κ2) is 11.8. The molecule has 0 aliphatic carbocycles. The normalized spacial score (nSPS) is 18.5. The molecule has 1 unspecified atom stereocenters. The van der Waals surface area contributed by atoms with Crippen molar-refractivity contribution in [1.29, 1.82) is 0 Å². The number of aldehydes is 1. The lowest BCUT2D eigenvalue weighted by Crippen LogP contribution is -2.42. The Balaban J connectivity index is 1.38. The third-order valence-electron chi connectivity index (χ3n) is 7.33. The Labute approximate surface area is 234 Å². The average Bonchev–Trinajstić information content (AvgIpc) is 3.39. The van der Waals surface area contributed by atoms with Crippen LogP contribution in [0, 0.1) is 5.92 Å². The topological polar surface area (TPSA) is 121 Å². The van der Waals surface area contributed by atoms with Crippen molar-refractivity contribution in [2.75, 3.05) is 38.7 Å². The second-order valence-corrected chi connectivity index (χ2v) is 11.4. The molecule has 0 saturated carbocycles. The molecule has 40 heavy (non-hydrogen) atoms. The number of carbonyl (C=O) groups is 2. The van der Waals surface area contributed by atoms with E-state index < -0.39 is 5.60 Å². The first-order valence-corrected chi connectivity index (χ1v) is 14.0. The molecule has 5 rings (SSSR count). The van der Waals surface area contributed by atoms with Crippen LogP contribution in [0.5, 0.6) is 5.75 Å². The number of anilines is 1. The van der Waals surface area contributed by atoms with Gasteiger partial charge in [0.25, 0.3) is 0 Å². The van der Waals surface area contributed by atoms with Crippen LogP contribution in [0.3, 0.4) is 0 Å². The number of rotatable bonds is 7. The summed E-state index contributed by atoms with van der Waals surface area (Å²) >= 11 is 0. The van der Waals surface area contributed by atoms with Gasteiger partial charge >= 0.3 is 6.09 Å². The van der Waals surface area contributed by atoms with Crippen LogP contribution in [0.1, 0.15) is 69.5 Å². The molecule has 1 N–H and O–H groups in total. The van der Waals surface area contributed by atoms with Crippen LogP contribution in [0.15, 0.2) is 24.5 Å². The molecule has 0 radical (unpaired) electrons. The van der Waals surface area contributed by atoms with Crippen LogP contribution < -0.4 is 10.1 Å². The van der Waals surface area contributed by atoms with Crippen LogP contribution in [-0.4, -0.2) is 75.8 Å². The summed E-state index contributed by atoms with van der Waals surface area (Å²) in [7, 11) is 1.54. The molecule has 0 spiro atoms. The van der Waals surface area contributed by atoms with Crippen LogP contribution in [0.2, 0.25) is 0 Å². The van der Waals surface area contributed by atoms with E-state index >= 15 is 0 Å². The van der Waals surface area contributed by atoms with Gasteiger partial charge < -0.3 is 24.4 Å². The van der Waals surface area contributed by atoms with Crippen molar-refractivity contribution in [3.63, 3.8) is 0 Å². The van der Waals surface area contributed by atoms with Gasteiger partial charge in [0.1, 0.15) is 28.8 Å². The molecule has 2 aliphatic heterocycles. The van der Waals surface area contributed by atoms with Crippen molar-refractivity contribution < 1.29 is 23.8 Å². The minimum absolute atomic E-state index is 0.132. The molecule has 11 heteroatoms. The van der Waals surface area contributed by atoms with Gasteiger partial charge in [-0.25, -0.2) is 14.8 Å². The lowest BCUT2D eigenvalue weighted by molar-refractivity contribution is -0.0298. The van der Waals surface area contributed by atoms with Gasteiger partial charge in [-0.3, -0.25) is 9.36 Å². The van der Waals surface area contributed by atoms with Crippen LogP contribution >= 0.6 is 0 Å². The summed E-state index contributed by atoms with van der Waals surface area (Å²) < 4.78 is 18.9. The maximum Gasteiger partial charge on any atom is 0.410 e. The second-order valence-electron chi connectivity index (χ2n) is 11.4. The molecule has 11 nitrogen and oxygen atoms in total. The number of piperidine rings is 1. The standard InChI is InChI=1S/C29H38N6O5/c1-29(2,3)40-28(37)34-12-10-19(11-13-34)16-30-27-32-24(20-8-9-22(38-4)21(15-20)17-36)25-26(33-27)35(18-31-25)23-7-5-6-14-39-23/h8-9,15,17-19,23H,5-7,10-14,16H2,1-4H3,(H,30,32,33). The van der Waals surface area contributed by atoms with Gasteiger partial charge in [0.2, 0.25) is 5.95 Å². The van der Waals surface area contributed by atoms with Gasteiger partial charge in [-0.2, -0.15) is 4.98 Å². The van der Waals surface area contributed by atoms with Crippen molar-refractivity contribution in [3.05, 3.63) is 30.1 Å². The predicted octanol–water partition coefficient (Wildman–Crippen LogP) is 5.07. The number of carbonyl (C=O) groups excluding carboxylic acids is 2. The highest BCUT2D eigenvalue weighted by Gasteiger charge is 2.27. The lowest BCUT2D eigenvalue weighted by Gasteiger charge is -2.33. The summed E-state index contributed by atoms with van der Waals surface area (Å²) in [6, 6.07) is 5.40. The third-order valence-corrected chi connectivity index (χ3v) is 7.33. The average molecular weight is 551 g/mol. The smallest absolute Gasteiger partial charge is 0.410 e. The van der Waals surface area contributed by atoms with Crippen molar-refractivity contribution in [2.45, 2.75) is 64.7 Å². The van der Waals surface area contributed by atoms with Gasteiger partial charge in [-0.1, -0.05) is 0 Å². The van der Waals surface area contributed by atoms with Gasteiger partial charge in [0.15, 0.2) is 11.9 Å². The van der Waals surface area contributed by atoms with Gasteiger partial charge in [0, 0.05) is 31.8 Å². The minimum atomic E-state index is -0.505. The van der Waals surface area contributed by atoms with E-state index in [1.165, 1.54) is 7.11 Å². The number of hydrogen-bond acceptors (Lipinski definition) is 9. The number of fused-ring (bicyclic) bond motifs is 1. The number of likely N-dealkylation sites (tertiary alicyclic amines) is 1. The zero-order chi connectivity index (χ0) is 28.3. The number of ether oxygens (including phenoxy) is 3. The Morgan fingerprint density at radius 1 is 1.18 bits per heavy atom. The molecule has 2 aromatic heterocycles. The molecule has 2 saturated heterocycles. The first kappa shape index (κ1) is 27.8. The molecule has 1 aromatic carbocycles. The molecular formula is C29H38N6O5. The van der Waals surface area contributed by atoms with Gasteiger partial charge in [-0.05, 0) is 77.0 Å². The van der Waals surface area contributed by atoms with Crippen molar-refractivity contribution in [3.8, 4) is 17.0 Å². The van der Waals surface area contributed by atoms with E-state index in [4.69, 9.17) is 24.2 Å². The number of hydrogen-bond donors (Lipinski definition) is 1. The Kier molecular flexibility index (Phi) is 8.20. The van der Waals surface area contributed by atoms with E-state index in [0.29, 0.717) is 66.3 Å². The zero-order valence-corrected chi connectivity index (χ0v) is 23.7. The fourth-order valence-corrected chi connectivity index (χ4v) is 5.21. The van der Waals surface area contributed by atoms with E-state index in [1.54, 1.807) is 23.4 Å². The van der Waals surface area contributed by atoms with Gasteiger partial charge in [-0.15, -0.1) is 0 Å². The first-order valence-electron chi connectivity index (χ1n) is 14.0. The van der Waals surface area contributed by atoms with Crippen LogP contribution in [-0.2, 0) is 9.47 Å². The molecule has 2 aliphatic rings. The molecular weight excluding hydrogens is 512 g/mol. The number of nitrogens with one attached hydrogen (secondary N) is 1. The summed E-state index contributed by atoms with van der Waals surface area (Å²) in [5.41, 5.74) is 2.64. The molecule has 4 heterocycles. The highest BCUT2D eigenvalue weighted by atomic mass is 16.6. The summed E-state index contributed by atoms with van der Waals surface area (Å²) in [4.78, 5) is 40.3.